The third kappa shape index (κ3) is 3.06. The highest BCUT2D eigenvalue weighted by Gasteiger charge is 2.33. The minimum atomic E-state index is -3.13. The monoisotopic (exact) mass is 304 g/mol. The molecule has 1 atom stereocenters. The number of sulfone groups is 1. The Morgan fingerprint density at radius 2 is 1.95 bits per heavy atom. The minimum absolute atomic E-state index is 0.0172. The number of rotatable bonds is 2. The highest BCUT2D eigenvalue weighted by Crippen LogP contribution is 2.21. The lowest BCUT2D eigenvalue weighted by atomic mass is 10.2. The van der Waals surface area contributed by atoms with Gasteiger partial charge < -0.3 is 10.2 Å². The molecule has 0 aromatic heterocycles. The van der Waals surface area contributed by atoms with Crippen molar-refractivity contribution in [2.75, 3.05) is 23.9 Å². The lowest BCUT2D eigenvalue weighted by molar-refractivity contribution is 0.208. The zero-order chi connectivity index (χ0) is 14.9. The maximum absolute atomic E-state index is 13.4. The first kappa shape index (κ1) is 14.7. The highest BCUT2D eigenvalue weighted by atomic mass is 32.2. The molecular formula is C12H14F2N2O3S. The standard InChI is InChI=1S/C12H14F2N2O3S/c1-16(8-5-6-20(18,19)7-8)12(17)15-11-9(13)3-2-4-10(11)14/h2-4,8H,5-7H2,1H3,(H,15,17). The number of nitrogens with zero attached hydrogens (tertiary/aromatic N) is 1. The van der Waals surface area contributed by atoms with Gasteiger partial charge in [0.15, 0.2) is 9.84 Å². The van der Waals surface area contributed by atoms with Gasteiger partial charge in [0.2, 0.25) is 0 Å². The molecule has 20 heavy (non-hydrogen) atoms. The van der Waals surface area contributed by atoms with Crippen molar-refractivity contribution in [2.45, 2.75) is 12.5 Å². The molecule has 1 aliphatic rings. The topological polar surface area (TPSA) is 66.5 Å². The van der Waals surface area contributed by atoms with E-state index in [9.17, 15) is 22.0 Å². The molecule has 1 N–H and O–H groups in total. The molecule has 0 radical (unpaired) electrons. The van der Waals surface area contributed by atoms with Crippen LogP contribution in [0.25, 0.3) is 0 Å². The predicted molar refractivity (Wildman–Crippen MR) is 70.2 cm³/mol. The summed E-state index contributed by atoms with van der Waals surface area (Å²) >= 11 is 0. The molecule has 5 nitrogen and oxygen atoms in total. The minimum Gasteiger partial charge on any atom is -0.324 e. The van der Waals surface area contributed by atoms with E-state index in [1.807, 2.05) is 0 Å². The van der Waals surface area contributed by atoms with Crippen molar-refractivity contribution in [2.24, 2.45) is 0 Å². The van der Waals surface area contributed by atoms with Crippen LogP contribution in [0.4, 0.5) is 19.3 Å². The van der Waals surface area contributed by atoms with E-state index in [0.29, 0.717) is 6.42 Å². The van der Waals surface area contributed by atoms with Crippen molar-refractivity contribution >= 4 is 21.6 Å². The number of amides is 2. The van der Waals surface area contributed by atoms with Crippen molar-refractivity contribution in [1.82, 2.24) is 4.90 Å². The van der Waals surface area contributed by atoms with Crippen LogP contribution in [0, 0.1) is 11.6 Å². The van der Waals surface area contributed by atoms with Gasteiger partial charge in [-0.1, -0.05) is 6.07 Å². The first-order valence-corrected chi connectivity index (χ1v) is 7.80. The van der Waals surface area contributed by atoms with Gasteiger partial charge in [0.05, 0.1) is 11.5 Å². The Bertz CT molecular complexity index is 613. The molecule has 1 fully saturated rings. The van der Waals surface area contributed by atoms with Crippen LogP contribution < -0.4 is 5.32 Å². The number of carbonyl (C=O) groups excluding carboxylic acids is 1. The number of carbonyl (C=O) groups is 1. The summed E-state index contributed by atoms with van der Waals surface area (Å²) in [6.45, 7) is 0. The molecule has 8 heteroatoms. The van der Waals surface area contributed by atoms with Crippen LogP contribution in [-0.2, 0) is 9.84 Å². The molecule has 1 heterocycles. The van der Waals surface area contributed by atoms with Crippen molar-refractivity contribution in [3.63, 3.8) is 0 Å². The van der Waals surface area contributed by atoms with Gasteiger partial charge in [-0.3, -0.25) is 0 Å². The third-order valence-electron chi connectivity index (χ3n) is 3.27. The largest absolute Gasteiger partial charge is 0.324 e. The van der Waals surface area contributed by atoms with Crippen molar-refractivity contribution < 1.29 is 22.0 Å². The number of anilines is 1. The molecule has 2 rings (SSSR count). The molecule has 0 spiro atoms. The van der Waals surface area contributed by atoms with Crippen molar-refractivity contribution in [1.29, 1.82) is 0 Å². The molecule has 0 aliphatic carbocycles. The Kier molecular flexibility index (Phi) is 3.94. The van der Waals surface area contributed by atoms with Gasteiger partial charge in [-0.15, -0.1) is 0 Å². The number of hydrogen-bond donors (Lipinski definition) is 1. The molecule has 1 aromatic rings. The van der Waals surface area contributed by atoms with Crippen LogP contribution in [0.2, 0.25) is 0 Å². The fourth-order valence-corrected chi connectivity index (χ4v) is 3.83. The summed E-state index contributed by atoms with van der Waals surface area (Å²) in [5.41, 5.74) is -0.537. The van der Waals surface area contributed by atoms with Crippen LogP contribution >= 0.6 is 0 Å². The van der Waals surface area contributed by atoms with E-state index in [0.717, 1.165) is 17.0 Å². The average Bonchev–Trinajstić information content (AvgIpc) is 2.73. The van der Waals surface area contributed by atoms with Crippen LogP contribution in [0.15, 0.2) is 18.2 Å². The van der Waals surface area contributed by atoms with E-state index in [2.05, 4.69) is 5.32 Å². The van der Waals surface area contributed by atoms with Gasteiger partial charge in [0.25, 0.3) is 0 Å². The normalized spacial score (nSPS) is 20.6. The number of benzene rings is 1. The Morgan fingerprint density at radius 1 is 1.35 bits per heavy atom. The first-order valence-electron chi connectivity index (χ1n) is 5.98. The van der Waals surface area contributed by atoms with Crippen molar-refractivity contribution in [3.8, 4) is 0 Å². The van der Waals surface area contributed by atoms with Crippen LogP contribution in [-0.4, -0.2) is 43.9 Å². The second kappa shape index (κ2) is 5.35. The zero-order valence-corrected chi connectivity index (χ0v) is 11.6. The maximum Gasteiger partial charge on any atom is 0.322 e. The second-order valence-electron chi connectivity index (χ2n) is 4.69. The van der Waals surface area contributed by atoms with Gasteiger partial charge in [0.1, 0.15) is 17.3 Å². The van der Waals surface area contributed by atoms with Crippen molar-refractivity contribution in [3.05, 3.63) is 29.8 Å². The van der Waals surface area contributed by atoms with Gasteiger partial charge in [-0.2, -0.15) is 0 Å². The smallest absolute Gasteiger partial charge is 0.322 e. The molecular weight excluding hydrogens is 290 g/mol. The summed E-state index contributed by atoms with van der Waals surface area (Å²) in [6.07, 6.45) is 0.325. The second-order valence-corrected chi connectivity index (χ2v) is 6.92. The molecule has 0 saturated carbocycles. The molecule has 1 aliphatic heterocycles. The first-order chi connectivity index (χ1) is 9.30. The van der Waals surface area contributed by atoms with E-state index in [-0.39, 0.29) is 11.5 Å². The molecule has 1 saturated heterocycles. The lowest BCUT2D eigenvalue weighted by Gasteiger charge is -2.23. The summed E-state index contributed by atoms with van der Waals surface area (Å²) in [6, 6.07) is 2.02. The third-order valence-corrected chi connectivity index (χ3v) is 5.02. The van der Waals surface area contributed by atoms with Gasteiger partial charge in [-0.25, -0.2) is 22.0 Å². The predicted octanol–water partition coefficient (Wildman–Crippen LogP) is 1.62. The fourth-order valence-electron chi connectivity index (χ4n) is 2.06. The summed E-state index contributed by atoms with van der Waals surface area (Å²) < 4.78 is 49.5. The molecule has 1 unspecified atom stereocenters. The molecule has 2 amide bonds. The SMILES string of the molecule is CN(C(=O)Nc1c(F)cccc1F)C1CCS(=O)(=O)C1. The van der Waals surface area contributed by atoms with Crippen LogP contribution in [0.5, 0.6) is 0 Å². The Labute approximate surface area is 115 Å². The van der Waals surface area contributed by atoms with Crippen LogP contribution in [0.1, 0.15) is 6.42 Å². The average molecular weight is 304 g/mol. The Balaban J connectivity index is 2.09. The summed E-state index contributed by atoms with van der Waals surface area (Å²) in [5, 5.41) is 2.12. The Hall–Kier alpha value is -1.70. The molecule has 0 bridgehead atoms. The van der Waals surface area contributed by atoms with E-state index in [1.165, 1.54) is 13.1 Å². The van der Waals surface area contributed by atoms with E-state index in [1.54, 1.807) is 0 Å². The Morgan fingerprint density at radius 3 is 2.45 bits per heavy atom. The van der Waals surface area contributed by atoms with Gasteiger partial charge in [-0.05, 0) is 18.6 Å². The quantitative estimate of drug-likeness (QED) is 0.903. The van der Waals surface area contributed by atoms with E-state index in [4.69, 9.17) is 0 Å². The number of nitrogens with one attached hydrogen (secondary N) is 1. The maximum atomic E-state index is 13.4. The number of urea groups is 1. The number of halogens is 2. The summed E-state index contributed by atoms with van der Waals surface area (Å²) in [7, 11) is -1.73. The lowest BCUT2D eigenvalue weighted by Crippen LogP contribution is -2.40. The van der Waals surface area contributed by atoms with E-state index < -0.39 is 39.2 Å². The highest BCUT2D eigenvalue weighted by molar-refractivity contribution is 7.91. The van der Waals surface area contributed by atoms with Gasteiger partial charge in [0, 0.05) is 13.1 Å². The van der Waals surface area contributed by atoms with Gasteiger partial charge >= 0.3 is 6.03 Å². The molecule has 1 aromatic carbocycles. The summed E-state index contributed by atoms with van der Waals surface area (Å²) in [5.74, 6) is -1.88. The van der Waals surface area contributed by atoms with E-state index >= 15 is 0 Å². The number of hydrogen-bond acceptors (Lipinski definition) is 3. The zero-order valence-electron chi connectivity index (χ0n) is 10.8. The molecule has 110 valence electrons. The van der Waals surface area contributed by atoms with Crippen LogP contribution in [0.3, 0.4) is 0 Å². The summed E-state index contributed by atoms with van der Waals surface area (Å²) in [4.78, 5) is 13.1. The number of para-hydroxylation sites is 1. The fraction of sp³-hybridized carbons (Fsp3) is 0.417.